The van der Waals surface area contributed by atoms with E-state index in [1.807, 2.05) is 22.7 Å². The number of hydrogen-bond donors (Lipinski definition) is 1. The molecule has 0 atom stereocenters. The molecule has 6 heteroatoms. The summed E-state index contributed by atoms with van der Waals surface area (Å²) in [6.07, 6.45) is 9.94. The van der Waals surface area contributed by atoms with Crippen LogP contribution in [-0.2, 0) is 6.42 Å². The first-order chi connectivity index (χ1) is 9.34. The number of anilines is 1. The number of rotatable bonds is 4. The average molecular weight is 318 g/mol. The molecular weight excluding hydrogens is 306 g/mol. The Morgan fingerprint density at radius 2 is 2.00 bits per heavy atom. The highest BCUT2D eigenvalue weighted by atomic mass is 79.9. The van der Waals surface area contributed by atoms with Gasteiger partial charge in [0, 0.05) is 31.3 Å². The second-order valence-corrected chi connectivity index (χ2v) is 4.90. The fraction of sp³-hybridized carbons (Fsp3) is 0.154. The number of nitrogens with zero attached hydrogens (tertiary/aromatic N) is 4. The van der Waals surface area contributed by atoms with Crippen molar-refractivity contribution in [3.05, 3.63) is 53.3 Å². The predicted molar refractivity (Wildman–Crippen MR) is 77.1 cm³/mol. The maximum atomic E-state index is 4.32. The summed E-state index contributed by atoms with van der Waals surface area (Å²) in [5.74, 6) is 0.794. The highest BCUT2D eigenvalue weighted by molar-refractivity contribution is 9.10. The summed E-state index contributed by atoms with van der Waals surface area (Å²) in [5, 5.41) is 3.31. The van der Waals surface area contributed by atoms with Crippen LogP contribution >= 0.6 is 15.9 Å². The maximum absolute atomic E-state index is 4.32. The molecule has 0 unspecified atom stereocenters. The molecule has 0 aliphatic carbocycles. The first-order valence-electron chi connectivity index (χ1n) is 5.95. The Morgan fingerprint density at radius 3 is 2.84 bits per heavy atom. The normalized spacial score (nSPS) is 10.8. The van der Waals surface area contributed by atoms with Gasteiger partial charge in [-0.05, 0) is 40.0 Å². The van der Waals surface area contributed by atoms with Gasteiger partial charge in [-0.25, -0.2) is 9.97 Å². The van der Waals surface area contributed by atoms with Crippen molar-refractivity contribution in [2.24, 2.45) is 0 Å². The average Bonchev–Trinajstić information content (AvgIpc) is 2.83. The first-order valence-corrected chi connectivity index (χ1v) is 6.74. The summed E-state index contributed by atoms with van der Waals surface area (Å²) in [4.78, 5) is 12.7. The van der Waals surface area contributed by atoms with Crippen molar-refractivity contribution in [2.45, 2.75) is 6.42 Å². The highest BCUT2D eigenvalue weighted by Crippen LogP contribution is 2.17. The number of pyridine rings is 1. The Morgan fingerprint density at radius 1 is 1.16 bits per heavy atom. The van der Waals surface area contributed by atoms with Gasteiger partial charge in [0.05, 0.1) is 6.20 Å². The van der Waals surface area contributed by atoms with Gasteiger partial charge >= 0.3 is 0 Å². The third-order valence-corrected chi connectivity index (χ3v) is 3.43. The Balaban J connectivity index is 1.72. The minimum atomic E-state index is 0.794. The van der Waals surface area contributed by atoms with Crippen LogP contribution in [-0.4, -0.2) is 25.9 Å². The van der Waals surface area contributed by atoms with Crippen molar-refractivity contribution in [3.8, 4) is 0 Å². The van der Waals surface area contributed by atoms with Crippen LogP contribution in [0.15, 0.2) is 47.7 Å². The molecule has 3 aromatic rings. The standard InChI is InChI=1S/C13H12BrN5/c14-11-9-18-13-12(17-7-8-19(11)13)16-6-3-10-1-4-15-5-2-10/h1-2,4-5,7-9H,3,6H2,(H,16,17). The number of nitrogens with one attached hydrogen (secondary N) is 1. The zero-order valence-corrected chi connectivity index (χ0v) is 11.7. The smallest absolute Gasteiger partial charge is 0.180 e. The maximum Gasteiger partial charge on any atom is 0.180 e. The Kier molecular flexibility index (Phi) is 3.41. The second kappa shape index (κ2) is 5.36. The second-order valence-electron chi connectivity index (χ2n) is 4.08. The van der Waals surface area contributed by atoms with Crippen molar-refractivity contribution in [2.75, 3.05) is 11.9 Å². The zero-order chi connectivity index (χ0) is 13.1. The molecule has 0 fully saturated rings. The topological polar surface area (TPSA) is 55.1 Å². The molecule has 0 amide bonds. The molecule has 5 nitrogen and oxygen atoms in total. The summed E-state index contributed by atoms with van der Waals surface area (Å²) in [7, 11) is 0. The molecule has 0 saturated heterocycles. The fourth-order valence-electron chi connectivity index (χ4n) is 1.89. The lowest BCUT2D eigenvalue weighted by Gasteiger charge is -2.06. The van der Waals surface area contributed by atoms with E-state index in [0.29, 0.717) is 0 Å². The van der Waals surface area contributed by atoms with E-state index >= 15 is 0 Å². The molecule has 3 aromatic heterocycles. The van der Waals surface area contributed by atoms with Crippen molar-refractivity contribution in [1.29, 1.82) is 0 Å². The van der Waals surface area contributed by atoms with Crippen LogP contribution in [0.3, 0.4) is 0 Å². The Labute approximate surface area is 118 Å². The van der Waals surface area contributed by atoms with Gasteiger partial charge in [0.25, 0.3) is 0 Å². The van der Waals surface area contributed by atoms with Crippen LogP contribution in [0.2, 0.25) is 0 Å². The molecule has 0 aliphatic rings. The van der Waals surface area contributed by atoms with Crippen molar-refractivity contribution in [3.63, 3.8) is 0 Å². The van der Waals surface area contributed by atoms with E-state index in [9.17, 15) is 0 Å². The van der Waals surface area contributed by atoms with Crippen LogP contribution in [0.25, 0.3) is 5.65 Å². The summed E-state index contributed by atoms with van der Waals surface area (Å²) < 4.78 is 2.86. The summed E-state index contributed by atoms with van der Waals surface area (Å²) in [6.45, 7) is 0.807. The Hall–Kier alpha value is -1.95. The fourth-order valence-corrected chi connectivity index (χ4v) is 2.28. The number of hydrogen-bond acceptors (Lipinski definition) is 4. The van der Waals surface area contributed by atoms with Crippen LogP contribution < -0.4 is 5.32 Å². The molecule has 3 heterocycles. The molecule has 0 radical (unpaired) electrons. The van der Waals surface area contributed by atoms with Crippen LogP contribution in [0.1, 0.15) is 5.56 Å². The molecule has 19 heavy (non-hydrogen) atoms. The molecule has 1 N–H and O–H groups in total. The van der Waals surface area contributed by atoms with Gasteiger partial charge in [-0.15, -0.1) is 0 Å². The minimum absolute atomic E-state index is 0.794. The quantitative estimate of drug-likeness (QED) is 0.803. The molecule has 0 spiro atoms. The van der Waals surface area contributed by atoms with Gasteiger partial charge in [0.2, 0.25) is 0 Å². The number of halogens is 1. The molecule has 0 aliphatic heterocycles. The van der Waals surface area contributed by atoms with E-state index in [2.05, 4.69) is 36.2 Å². The molecule has 3 rings (SSSR count). The van der Waals surface area contributed by atoms with Gasteiger partial charge in [-0.3, -0.25) is 9.38 Å². The monoisotopic (exact) mass is 317 g/mol. The van der Waals surface area contributed by atoms with Crippen molar-refractivity contribution < 1.29 is 0 Å². The van der Waals surface area contributed by atoms with Crippen molar-refractivity contribution >= 4 is 27.4 Å². The largest absolute Gasteiger partial charge is 0.367 e. The number of imidazole rings is 1. The summed E-state index contributed by atoms with van der Waals surface area (Å²) in [6, 6.07) is 4.03. The van der Waals surface area contributed by atoms with Gasteiger partial charge in [-0.1, -0.05) is 0 Å². The Bertz CT molecular complexity index is 680. The molecule has 0 bridgehead atoms. The van der Waals surface area contributed by atoms with Gasteiger partial charge in [-0.2, -0.15) is 0 Å². The van der Waals surface area contributed by atoms with E-state index < -0.39 is 0 Å². The van der Waals surface area contributed by atoms with Crippen molar-refractivity contribution in [1.82, 2.24) is 19.4 Å². The lowest BCUT2D eigenvalue weighted by Crippen LogP contribution is -2.07. The number of aromatic nitrogens is 4. The zero-order valence-electron chi connectivity index (χ0n) is 10.1. The van der Waals surface area contributed by atoms with Crippen LogP contribution in [0.5, 0.6) is 0 Å². The van der Waals surface area contributed by atoms with Crippen LogP contribution in [0, 0.1) is 0 Å². The predicted octanol–water partition coefficient (Wildman–Crippen LogP) is 2.54. The molecule has 96 valence electrons. The lowest BCUT2D eigenvalue weighted by atomic mass is 10.2. The highest BCUT2D eigenvalue weighted by Gasteiger charge is 2.06. The first kappa shape index (κ1) is 12.1. The van der Waals surface area contributed by atoms with E-state index in [4.69, 9.17) is 0 Å². The van der Waals surface area contributed by atoms with E-state index in [1.54, 1.807) is 24.8 Å². The lowest BCUT2D eigenvalue weighted by molar-refractivity contribution is 0.991. The molecular formula is C13H12BrN5. The molecule has 0 aromatic carbocycles. The molecule has 0 saturated carbocycles. The van der Waals surface area contributed by atoms with E-state index in [-0.39, 0.29) is 0 Å². The third kappa shape index (κ3) is 2.58. The third-order valence-electron chi connectivity index (χ3n) is 2.84. The van der Waals surface area contributed by atoms with E-state index in [0.717, 1.165) is 29.0 Å². The van der Waals surface area contributed by atoms with Gasteiger partial charge < -0.3 is 5.32 Å². The minimum Gasteiger partial charge on any atom is -0.367 e. The summed E-state index contributed by atoms with van der Waals surface area (Å²) in [5.41, 5.74) is 2.07. The van der Waals surface area contributed by atoms with Gasteiger partial charge in [0.15, 0.2) is 11.5 Å². The summed E-state index contributed by atoms with van der Waals surface area (Å²) >= 11 is 3.44. The van der Waals surface area contributed by atoms with E-state index in [1.165, 1.54) is 5.56 Å². The van der Waals surface area contributed by atoms with Crippen LogP contribution in [0.4, 0.5) is 5.82 Å². The van der Waals surface area contributed by atoms with Gasteiger partial charge in [0.1, 0.15) is 4.60 Å². The number of fused-ring (bicyclic) bond motifs is 1. The SMILES string of the molecule is Brc1cnc2c(NCCc3ccncc3)nccn12.